The van der Waals surface area contributed by atoms with Gasteiger partial charge in [0.1, 0.15) is 17.3 Å². The van der Waals surface area contributed by atoms with Gasteiger partial charge in [-0.1, -0.05) is 42.5 Å². The molecule has 0 spiro atoms. The van der Waals surface area contributed by atoms with Crippen molar-refractivity contribution in [3.05, 3.63) is 65.7 Å². The summed E-state index contributed by atoms with van der Waals surface area (Å²) in [6.45, 7) is 0. The summed E-state index contributed by atoms with van der Waals surface area (Å²) in [5, 5.41) is 7.88. The molecule has 3 N–H and O–H groups in total. The Labute approximate surface area is 124 Å². The number of hydrogen-bond acceptors (Lipinski definition) is 3. The first-order valence-electron chi connectivity index (χ1n) is 6.50. The average molecular weight is 282 g/mol. The molecule has 0 bridgehead atoms. The molecule has 2 aromatic rings. The normalized spacial score (nSPS) is 11.5. The Kier molecular flexibility index (Phi) is 4.61. The Morgan fingerprint density at radius 3 is 2.00 bits per heavy atom. The molecule has 0 aliphatic rings. The van der Waals surface area contributed by atoms with Crippen molar-refractivity contribution in [3.8, 4) is 5.75 Å². The van der Waals surface area contributed by atoms with E-state index in [0.717, 1.165) is 16.9 Å². The van der Waals surface area contributed by atoms with E-state index in [2.05, 4.69) is 0 Å². The third-order valence-corrected chi connectivity index (χ3v) is 3.12. The van der Waals surface area contributed by atoms with Gasteiger partial charge < -0.3 is 15.2 Å². The van der Waals surface area contributed by atoms with Gasteiger partial charge >= 0.3 is 0 Å². The van der Waals surface area contributed by atoms with Crippen molar-refractivity contribution in [1.82, 2.24) is 0 Å². The average Bonchev–Trinajstić information content (AvgIpc) is 2.53. The van der Waals surface area contributed by atoms with Gasteiger partial charge in [-0.05, 0) is 17.7 Å². The van der Waals surface area contributed by atoms with Crippen LogP contribution in [0.3, 0.4) is 0 Å². The molecule has 2 aromatic carbocycles. The molecule has 4 heteroatoms. The number of methoxy groups -OCH3 is 2. The number of ether oxygens (including phenoxy) is 2. The van der Waals surface area contributed by atoms with Crippen LogP contribution in [0.1, 0.15) is 11.1 Å². The Hall–Kier alpha value is -2.75. The van der Waals surface area contributed by atoms with E-state index in [1.54, 1.807) is 14.2 Å². The third-order valence-electron chi connectivity index (χ3n) is 3.12. The quantitative estimate of drug-likeness (QED) is 0.383. The van der Waals surface area contributed by atoms with Crippen LogP contribution in [0.5, 0.6) is 5.75 Å². The van der Waals surface area contributed by atoms with Crippen LogP contribution in [0.15, 0.2) is 54.6 Å². The lowest BCUT2D eigenvalue weighted by molar-refractivity contribution is 0.372. The fourth-order valence-electron chi connectivity index (χ4n) is 2.12. The molecule has 108 valence electrons. The van der Waals surface area contributed by atoms with Crippen molar-refractivity contribution in [3.63, 3.8) is 0 Å². The molecule has 0 fully saturated rings. The summed E-state index contributed by atoms with van der Waals surface area (Å²) in [6.07, 6.45) is 0. The van der Waals surface area contributed by atoms with Crippen LogP contribution in [0.2, 0.25) is 0 Å². The summed E-state index contributed by atoms with van der Waals surface area (Å²) in [5.74, 6) is 1.29. The minimum absolute atomic E-state index is 0.0409. The maximum Gasteiger partial charge on any atom is 0.137 e. The first-order chi connectivity index (χ1) is 10.2. The Morgan fingerprint density at radius 1 is 0.905 bits per heavy atom. The van der Waals surface area contributed by atoms with E-state index in [1.165, 1.54) is 0 Å². The third kappa shape index (κ3) is 3.23. The van der Waals surface area contributed by atoms with Crippen LogP contribution in [0.4, 0.5) is 0 Å². The fraction of sp³-hybridized carbons (Fsp3) is 0.118. The van der Waals surface area contributed by atoms with Crippen molar-refractivity contribution in [2.24, 2.45) is 5.73 Å². The van der Waals surface area contributed by atoms with Gasteiger partial charge in [-0.15, -0.1) is 0 Å². The second-order valence-corrected chi connectivity index (χ2v) is 4.42. The zero-order valence-electron chi connectivity index (χ0n) is 12.1. The van der Waals surface area contributed by atoms with Crippen molar-refractivity contribution in [2.75, 3.05) is 14.2 Å². The lowest BCUT2D eigenvalue weighted by atomic mass is 10.00. The van der Waals surface area contributed by atoms with Crippen molar-refractivity contribution < 1.29 is 9.47 Å². The van der Waals surface area contributed by atoms with E-state index in [-0.39, 0.29) is 5.84 Å². The molecule has 0 amide bonds. The molecular weight excluding hydrogens is 264 g/mol. The lowest BCUT2D eigenvalue weighted by Crippen LogP contribution is -2.14. The molecule has 2 rings (SSSR count). The number of nitrogens with two attached hydrogens (primary N) is 1. The predicted molar refractivity (Wildman–Crippen MR) is 85.2 cm³/mol. The minimum Gasteiger partial charge on any atom is -0.497 e. The Balaban J connectivity index is 2.59. The standard InChI is InChI=1S/C17H18N2O2/c1-20-14-10-8-12(9-11-14)15(17(18)19)16(21-2)13-6-4-3-5-7-13/h3-11H,1-2H3,(H3,18,19)/b16-15-. The molecule has 0 aliphatic heterocycles. The van der Waals surface area contributed by atoms with Gasteiger partial charge in [-0.25, -0.2) is 0 Å². The Morgan fingerprint density at radius 2 is 1.52 bits per heavy atom. The van der Waals surface area contributed by atoms with Crippen LogP contribution < -0.4 is 10.5 Å². The molecule has 0 saturated carbocycles. The van der Waals surface area contributed by atoms with Gasteiger partial charge in [0.15, 0.2) is 0 Å². The van der Waals surface area contributed by atoms with Crippen LogP contribution in [-0.2, 0) is 4.74 Å². The second kappa shape index (κ2) is 6.61. The minimum atomic E-state index is -0.0409. The van der Waals surface area contributed by atoms with Crippen molar-refractivity contribution in [1.29, 1.82) is 5.41 Å². The van der Waals surface area contributed by atoms with Gasteiger partial charge in [-0.3, -0.25) is 5.41 Å². The van der Waals surface area contributed by atoms with Crippen molar-refractivity contribution >= 4 is 17.2 Å². The van der Waals surface area contributed by atoms with E-state index < -0.39 is 0 Å². The highest BCUT2D eigenvalue weighted by molar-refractivity contribution is 6.26. The SMILES string of the molecule is CO/C(=C(\C(=N)N)c1ccc(OC)cc1)c1ccccc1. The summed E-state index contributed by atoms with van der Waals surface area (Å²) in [4.78, 5) is 0. The zero-order chi connectivity index (χ0) is 15.2. The number of benzene rings is 2. The second-order valence-electron chi connectivity index (χ2n) is 4.42. The molecule has 0 aliphatic carbocycles. The summed E-state index contributed by atoms with van der Waals surface area (Å²) in [7, 11) is 3.19. The molecule has 0 saturated heterocycles. The molecule has 0 atom stereocenters. The van der Waals surface area contributed by atoms with Gasteiger partial charge in [0.25, 0.3) is 0 Å². The number of hydrogen-bond donors (Lipinski definition) is 2. The van der Waals surface area contributed by atoms with Crippen LogP contribution in [0, 0.1) is 5.41 Å². The fourth-order valence-corrected chi connectivity index (χ4v) is 2.12. The maximum atomic E-state index is 7.88. The van der Waals surface area contributed by atoms with Crippen LogP contribution in [0.25, 0.3) is 11.3 Å². The van der Waals surface area contributed by atoms with E-state index >= 15 is 0 Å². The summed E-state index contributed by atoms with van der Waals surface area (Å²) in [6, 6.07) is 17.0. The molecule has 0 aromatic heterocycles. The Bertz CT molecular complexity index is 646. The summed E-state index contributed by atoms with van der Waals surface area (Å²) in [5.41, 5.74) is 8.01. The highest BCUT2D eigenvalue weighted by Crippen LogP contribution is 2.28. The first kappa shape index (κ1) is 14.7. The zero-order valence-corrected chi connectivity index (χ0v) is 12.1. The number of rotatable bonds is 5. The largest absolute Gasteiger partial charge is 0.497 e. The highest BCUT2D eigenvalue weighted by Gasteiger charge is 2.15. The van der Waals surface area contributed by atoms with E-state index in [9.17, 15) is 0 Å². The van der Waals surface area contributed by atoms with Gasteiger partial charge in [0.05, 0.1) is 19.8 Å². The number of nitrogens with one attached hydrogen (secondary N) is 1. The van der Waals surface area contributed by atoms with Crippen LogP contribution >= 0.6 is 0 Å². The molecule has 0 heterocycles. The van der Waals surface area contributed by atoms with E-state index in [0.29, 0.717) is 11.3 Å². The topological polar surface area (TPSA) is 68.3 Å². The molecular formula is C17H18N2O2. The first-order valence-corrected chi connectivity index (χ1v) is 6.50. The van der Waals surface area contributed by atoms with Gasteiger partial charge in [0, 0.05) is 5.56 Å². The van der Waals surface area contributed by atoms with Crippen LogP contribution in [-0.4, -0.2) is 20.1 Å². The van der Waals surface area contributed by atoms with E-state index in [1.807, 2.05) is 54.6 Å². The summed E-state index contributed by atoms with van der Waals surface area (Å²) < 4.78 is 10.6. The van der Waals surface area contributed by atoms with Gasteiger partial charge in [0.2, 0.25) is 0 Å². The maximum absolute atomic E-state index is 7.88. The molecule has 21 heavy (non-hydrogen) atoms. The number of amidine groups is 1. The van der Waals surface area contributed by atoms with Crippen molar-refractivity contribution in [2.45, 2.75) is 0 Å². The predicted octanol–water partition coefficient (Wildman–Crippen LogP) is 3.15. The smallest absolute Gasteiger partial charge is 0.137 e. The molecule has 0 unspecified atom stereocenters. The lowest BCUT2D eigenvalue weighted by Gasteiger charge is -2.14. The highest BCUT2D eigenvalue weighted by atomic mass is 16.5. The van der Waals surface area contributed by atoms with E-state index in [4.69, 9.17) is 20.6 Å². The van der Waals surface area contributed by atoms with Gasteiger partial charge in [-0.2, -0.15) is 0 Å². The molecule has 4 nitrogen and oxygen atoms in total. The summed E-state index contributed by atoms with van der Waals surface area (Å²) >= 11 is 0. The monoisotopic (exact) mass is 282 g/mol. The molecule has 0 radical (unpaired) electrons.